The van der Waals surface area contributed by atoms with Crippen molar-refractivity contribution in [1.29, 1.82) is 0 Å². The first-order valence-electron chi connectivity index (χ1n) is 4.22. The second kappa shape index (κ2) is 5.93. The lowest BCUT2D eigenvalue weighted by atomic mass is 10.2. The van der Waals surface area contributed by atoms with Crippen molar-refractivity contribution < 1.29 is 4.79 Å². The van der Waals surface area contributed by atoms with E-state index in [9.17, 15) is 4.79 Å². The quantitative estimate of drug-likeness (QED) is 0.814. The van der Waals surface area contributed by atoms with Crippen molar-refractivity contribution in [2.24, 2.45) is 0 Å². The maximum Gasteiger partial charge on any atom is 0.188 e. The monoisotopic (exact) mass is 336 g/mol. The van der Waals surface area contributed by atoms with Gasteiger partial charge in [0, 0.05) is 21.1 Å². The third-order valence-corrected chi connectivity index (χ3v) is 3.61. The molecule has 1 aromatic rings. The Kier molecular flexibility index (Phi) is 5.20. The number of benzene rings is 1. The molecule has 1 aromatic carbocycles. The second-order valence-electron chi connectivity index (χ2n) is 2.79. The molecule has 0 heterocycles. The smallest absolute Gasteiger partial charge is 0.188 e. The summed E-state index contributed by atoms with van der Waals surface area (Å²) in [5.41, 5.74) is 1.15. The molecule has 0 atom stereocenters. The molecule has 0 aromatic heterocycles. The van der Waals surface area contributed by atoms with E-state index in [-0.39, 0.29) is 5.12 Å². The molecule has 0 fully saturated rings. The van der Waals surface area contributed by atoms with E-state index in [0.717, 1.165) is 20.3 Å². The van der Waals surface area contributed by atoms with Crippen LogP contribution in [0.25, 0.3) is 0 Å². The number of carbonyl (C=O) groups excluding carboxylic acids is 1. The predicted molar refractivity (Wildman–Crippen MR) is 68.4 cm³/mol. The Bertz CT molecular complexity index is 319. The van der Waals surface area contributed by atoms with E-state index in [4.69, 9.17) is 0 Å². The van der Waals surface area contributed by atoms with Gasteiger partial charge in [-0.25, -0.2) is 0 Å². The van der Waals surface area contributed by atoms with Crippen molar-refractivity contribution in [3.05, 3.63) is 32.7 Å². The van der Waals surface area contributed by atoms with Crippen LogP contribution in [0.4, 0.5) is 0 Å². The van der Waals surface area contributed by atoms with Gasteiger partial charge in [-0.05, 0) is 23.8 Å². The molecule has 0 spiro atoms. The molecule has 0 N–H and O–H groups in total. The lowest BCUT2D eigenvalue weighted by Crippen LogP contribution is -1.89. The second-order valence-corrected chi connectivity index (χ2v) is 5.66. The summed E-state index contributed by atoms with van der Waals surface area (Å²) in [6, 6.07) is 6.04. The number of hydrogen-bond acceptors (Lipinski definition) is 2. The van der Waals surface area contributed by atoms with Gasteiger partial charge in [-0.2, -0.15) is 0 Å². The molecule has 1 nitrogen and oxygen atoms in total. The van der Waals surface area contributed by atoms with E-state index in [1.807, 2.05) is 25.1 Å². The Balaban J connectivity index is 2.63. The van der Waals surface area contributed by atoms with Gasteiger partial charge in [0.25, 0.3) is 0 Å². The molecule has 0 bridgehead atoms. The molecule has 14 heavy (non-hydrogen) atoms. The van der Waals surface area contributed by atoms with E-state index in [1.54, 1.807) is 0 Å². The Morgan fingerprint density at radius 1 is 1.29 bits per heavy atom. The van der Waals surface area contributed by atoms with Gasteiger partial charge in [-0.15, -0.1) is 0 Å². The van der Waals surface area contributed by atoms with E-state index in [1.165, 1.54) is 11.8 Å². The van der Waals surface area contributed by atoms with Gasteiger partial charge in [0.1, 0.15) is 0 Å². The number of thioether (sulfide) groups is 1. The Hall–Kier alpha value is 0.200. The van der Waals surface area contributed by atoms with Gasteiger partial charge >= 0.3 is 0 Å². The predicted octanol–water partition coefficient (Wildman–Crippen LogP) is 4.38. The highest BCUT2D eigenvalue weighted by atomic mass is 79.9. The molecule has 0 unspecified atom stereocenters. The molecule has 4 heteroatoms. The van der Waals surface area contributed by atoms with E-state index >= 15 is 0 Å². The average Bonchev–Trinajstić information content (AvgIpc) is 2.12. The fourth-order valence-electron chi connectivity index (χ4n) is 0.960. The first kappa shape index (κ1) is 12.3. The van der Waals surface area contributed by atoms with Crippen LogP contribution in [0, 0.1) is 0 Å². The van der Waals surface area contributed by atoms with Crippen LogP contribution in [0.1, 0.15) is 18.9 Å². The third kappa shape index (κ3) is 4.15. The molecule has 0 aliphatic carbocycles. The number of rotatable bonds is 3. The molecule has 0 saturated heterocycles. The fraction of sp³-hybridized carbons (Fsp3) is 0.300. The highest BCUT2D eigenvalue weighted by molar-refractivity contribution is 9.11. The zero-order valence-corrected chi connectivity index (χ0v) is 11.7. The van der Waals surface area contributed by atoms with Crippen LogP contribution in [0.15, 0.2) is 27.1 Å². The van der Waals surface area contributed by atoms with Gasteiger partial charge in [0.15, 0.2) is 5.12 Å². The summed E-state index contributed by atoms with van der Waals surface area (Å²) in [5, 5.41) is 0.237. The summed E-state index contributed by atoms with van der Waals surface area (Å²) in [7, 11) is 0. The van der Waals surface area contributed by atoms with E-state index < -0.39 is 0 Å². The van der Waals surface area contributed by atoms with Crippen LogP contribution < -0.4 is 0 Å². The largest absolute Gasteiger partial charge is 0.287 e. The Labute approximate surface area is 105 Å². The van der Waals surface area contributed by atoms with E-state index in [0.29, 0.717) is 6.42 Å². The van der Waals surface area contributed by atoms with Crippen LogP contribution >= 0.6 is 43.6 Å². The molecule has 1 rings (SSSR count). The highest BCUT2D eigenvalue weighted by Gasteiger charge is 2.02. The summed E-state index contributed by atoms with van der Waals surface area (Å²) in [6.45, 7) is 1.88. The normalized spacial score (nSPS) is 10.2. The zero-order chi connectivity index (χ0) is 10.6. The first-order valence-corrected chi connectivity index (χ1v) is 6.79. The molecule has 0 saturated carbocycles. The van der Waals surface area contributed by atoms with Crippen LogP contribution in [-0.4, -0.2) is 5.12 Å². The first-order chi connectivity index (χ1) is 6.61. The topological polar surface area (TPSA) is 17.1 Å². The highest BCUT2D eigenvalue weighted by Crippen LogP contribution is 2.23. The van der Waals surface area contributed by atoms with Gasteiger partial charge in [-0.3, -0.25) is 4.79 Å². The van der Waals surface area contributed by atoms with Crippen molar-refractivity contribution in [3.63, 3.8) is 0 Å². The minimum absolute atomic E-state index is 0.237. The SMILES string of the molecule is CCC(=O)SCc1cc(Br)cc(Br)c1. The number of halogens is 2. The number of hydrogen-bond donors (Lipinski definition) is 0. The van der Waals surface area contributed by atoms with Gasteiger partial charge in [-0.1, -0.05) is 50.5 Å². The van der Waals surface area contributed by atoms with E-state index in [2.05, 4.69) is 31.9 Å². The zero-order valence-electron chi connectivity index (χ0n) is 7.72. The summed E-state index contributed by atoms with van der Waals surface area (Å²) in [4.78, 5) is 11.1. The molecule has 0 aliphatic rings. The van der Waals surface area contributed by atoms with Crippen molar-refractivity contribution in [2.45, 2.75) is 19.1 Å². The minimum atomic E-state index is 0.237. The summed E-state index contributed by atoms with van der Waals surface area (Å²) in [6.07, 6.45) is 0.597. The van der Waals surface area contributed by atoms with Gasteiger partial charge < -0.3 is 0 Å². The molecule has 0 radical (unpaired) electrons. The lowest BCUT2D eigenvalue weighted by molar-refractivity contribution is -0.110. The molecular formula is C10H10Br2OS. The minimum Gasteiger partial charge on any atom is -0.287 e. The summed E-state index contributed by atoms with van der Waals surface area (Å²) >= 11 is 8.19. The molecular weight excluding hydrogens is 328 g/mol. The molecule has 76 valence electrons. The number of carbonyl (C=O) groups is 1. The van der Waals surface area contributed by atoms with Gasteiger partial charge in [0.2, 0.25) is 0 Å². The standard InChI is InChI=1S/C10H10Br2OS/c1-2-10(13)14-6-7-3-8(11)5-9(12)4-7/h3-5H,2,6H2,1H3. The molecule has 0 amide bonds. The van der Waals surface area contributed by atoms with Crippen LogP contribution in [0.2, 0.25) is 0 Å². The maximum atomic E-state index is 11.1. The van der Waals surface area contributed by atoms with Gasteiger partial charge in [0.05, 0.1) is 0 Å². The average molecular weight is 338 g/mol. The van der Waals surface area contributed by atoms with Crippen LogP contribution in [0.3, 0.4) is 0 Å². The van der Waals surface area contributed by atoms with Crippen molar-refractivity contribution in [1.82, 2.24) is 0 Å². The summed E-state index contributed by atoms with van der Waals surface area (Å²) < 4.78 is 2.07. The van der Waals surface area contributed by atoms with Crippen LogP contribution in [-0.2, 0) is 10.5 Å². The lowest BCUT2D eigenvalue weighted by Gasteiger charge is -2.01. The van der Waals surface area contributed by atoms with Crippen molar-refractivity contribution in [2.75, 3.05) is 0 Å². The third-order valence-electron chi connectivity index (χ3n) is 1.61. The summed E-state index contributed by atoms with van der Waals surface area (Å²) in [5.74, 6) is 0.741. The fourth-order valence-corrected chi connectivity index (χ4v) is 3.05. The van der Waals surface area contributed by atoms with Crippen molar-refractivity contribution >= 4 is 48.7 Å². The Morgan fingerprint density at radius 2 is 1.86 bits per heavy atom. The Morgan fingerprint density at radius 3 is 2.36 bits per heavy atom. The van der Waals surface area contributed by atoms with Crippen molar-refractivity contribution in [3.8, 4) is 0 Å². The molecule has 0 aliphatic heterocycles. The van der Waals surface area contributed by atoms with Crippen LogP contribution in [0.5, 0.6) is 0 Å². The maximum absolute atomic E-state index is 11.1.